The van der Waals surface area contributed by atoms with Crippen LogP contribution in [0.3, 0.4) is 0 Å². The number of aryl methyl sites for hydroxylation is 2. The molecule has 41 heavy (non-hydrogen) atoms. The molecule has 0 unspecified atom stereocenters. The summed E-state index contributed by atoms with van der Waals surface area (Å²) in [5.41, 5.74) is 1.58. The van der Waals surface area contributed by atoms with E-state index in [0.717, 1.165) is 5.56 Å². The third kappa shape index (κ3) is 6.77. The van der Waals surface area contributed by atoms with Crippen LogP contribution < -0.4 is 10.1 Å². The molecule has 0 fully saturated rings. The van der Waals surface area contributed by atoms with Crippen molar-refractivity contribution >= 4 is 27.5 Å². The molecule has 1 aliphatic rings. The molecule has 2 aromatic carbocycles. The smallest absolute Gasteiger partial charge is 0.277 e. The number of carbonyl (C=O) groups excluding carboxylic acids is 2. The molecule has 11 nitrogen and oxygen atoms in total. The number of likely N-dealkylation sites (N-methyl/N-ethyl adjacent to an activating group) is 1. The average Bonchev–Trinajstić information content (AvgIpc) is 3.38. The minimum atomic E-state index is -3.90. The first-order valence-corrected chi connectivity index (χ1v) is 14.7. The van der Waals surface area contributed by atoms with Crippen molar-refractivity contribution in [1.82, 2.24) is 14.4 Å². The number of nitrogens with zero attached hydrogens (tertiary/aromatic N) is 3. The maximum absolute atomic E-state index is 13.9. The molecule has 0 saturated heterocycles. The highest BCUT2D eigenvalue weighted by Crippen LogP contribution is 2.29. The van der Waals surface area contributed by atoms with Gasteiger partial charge in [0.2, 0.25) is 10.0 Å². The molecule has 0 saturated carbocycles. The summed E-state index contributed by atoms with van der Waals surface area (Å²) in [6.45, 7) is 7.53. The van der Waals surface area contributed by atoms with Crippen LogP contribution in [0.15, 0.2) is 57.9 Å². The van der Waals surface area contributed by atoms with Gasteiger partial charge in [0.05, 0.1) is 22.6 Å². The molecule has 2 heterocycles. The number of fused-ring (bicyclic) bond motifs is 1. The first-order valence-electron chi connectivity index (χ1n) is 13.3. The molecule has 2 amide bonds. The van der Waals surface area contributed by atoms with Crippen molar-refractivity contribution in [2.45, 2.75) is 44.7 Å². The number of hydrogen-bond acceptors (Lipinski definition) is 8. The maximum Gasteiger partial charge on any atom is 0.277 e. The van der Waals surface area contributed by atoms with Gasteiger partial charge in [-0.25, -0.2) is 8.42 Å². The SMILES string of the molecule is CO[C@@H]1CN(C)C(=O)c2ccc(NC(=O)c3cc(C)on3)cc2OC[C@@H](C)N(S(=O)(=O)c2cccc(C)c2)C[C@H]1C. The number of carbonyl (C=O) groups is 2. The third-order valence-electron chi connectivity index (χ3n) is 7.10. The summed E-state index contributed by atoms with van der Waals surface area (Å²) in [4.78, 5) is 27.8. The van der Waals surface area contributed by atoms with Gasteiger partial charge in [0.15, 0.2) is 5.69 Å². The first-order chi connectivity index (χ1) is 19.4. The Morgan fingerprint density at radius 2 is 1.85 bits per heavy atom. The predicted octanol–water partition coefficient (Wildman–Crippen LogP) is 3.74. The van der Waals surface area contributed by atoms with Crippen LogP contribution in [0.5, 0.6) is 5.75 Å². The fraction of sp³-hybridized carbons (Fsp3) is 0.414. The molecule has 0 spiro atoms. The topological polar surface area (TPSA) is 131 Å². The molecule has 4 rings (SSSR count). The molecule has 220 valence electrons. The van der Waals surface area contributed by atoms with E-state index in [0.29, 0.717) is 11.4 Å². The fourth-order valence-electron chi connectivity index (χ4n) is 4.73. The van der Waals surface area contributed by atoms with Gasteiger partial charge in [-0.3, -0.25) is 9.59 Å². The number of rotatable bonds is 5. The highest BCUT2D eigenvalue weighted by Gasteiger charge is 2.35. The van der Waals surface area contributed by atoms with Gasteiger partial charge in [0.25, 0.3) is 11.8 Å². The van der Waals surface area contributed by atoms with E-state index >= 15 is 0 Å². The second-order valence-electron chi connectivity index (χ2n) is 10.5. The van der Waals surface area contributed by atoms with Gasteiger partial charge in [0.1, 0.15) is 18.1 Å². The van der Waals surface area contributed by atoms with Crippen molar-refractivity contribution in [3.05, 3.63) is 71.1 Å². The summed E-state index contributed by atoms with van der Waals surface area (Å²) in [6, 6.07) is 12.4. The van der Waals surface area contributed by atoms with Crippen molar-refractivity contribution < 1.29 is 32.0 Å². The molecular formula is C29H36N4O7S. The Morgan fingerprint density at radius 1 is 1.10 bits per heavy atom. The zero-order valence-electron chi connectivity index (χ0n) is 24.1. The highest BCUT2D eigenvalue weighted by atomic mass is 32.2. The first kappa shape index (κ1) is 30.2. The molecule has 1 aromatic heterocycles. The van der Waals surface area contributed by atoms with Crippen LogP contribution in [0.25, 0.3) is 0 Å². The number of methoxy groups -OCH3 is 1. The number of aromatic nitrogens is 1. The third-order valence-corrected chi connectivity index (χ3v) is 9.08. The molecule has 3 aromatic rings. The van der Waals surface area contributed by atoms with Gasteiger partial charge in [-0.15, -0.1) is 0 Å². The van der Waals surface area contributed by atoms with E-state index in [9.17, 15) is 18.0 Å². The Labute approximate surface area is 240 Å². The second-order valence-corrected chi connectivity index (χ2v) is 12.4. The molecular weight excluding hydrogens is 548 g/mol. The predicted molar refractivity (Wildman–Crippen MR) is 153 cm³/mol. The normalized spacial score (nSPS) is 20.9. The number of hydrogen-bond donors (Lipinski definition) is 1. The van der Waals surface area contributed by atoms with Gasteiger partial charge in [0, 0.05) is 45.1 Å². The zero-order chi connectivity index (χ0) is 29.9. The van der Waals surface area contributed by atoms with Gasteiger partial charge in [-0.2, -0.15) is 4.31 Å². The van der Waals surface area contributed by atoms with E-state index in [1.165, 1.54) is 15.3 Å². The Hall–Kier alpha value is -3.74. The lowest BCUT2D eigenvalue weighted by Gasteiger charge is -2.35. The summed E-state index contributed by atoms with van der Waals surface area (Å²) < 4.78 is 46.0. The van der Waals surface area contributed by atoms with E-state index in [1.807, 2.05) is 19.9 Å². The van der Waals surface area contributed by atoms with E-state index < -0.39 is 28.1 Å². The van der Waals surface area contributed by atoms with Gasteiger partial charge in [-0.1, -0.05) is 24.2 Å². The summed E-state index contributed by atoms with van der Waals surface area (Å²) >= 11 is 0. The summed E-state index contributed by atoms with van der Waals surface area (Å²) in [5.74, 6) is -0.324. The fourth-order valence-corrected chi connectivity index (χ4v) is 6.55. The largest absolute Gasteiger partial charge is 0.491 e. The van der Waals surface area contributed by atoms with Crippen molar-refractivity contribution in [3.8, 4) is 5.75 Å². The molecule has 12 heteroatoms. The van der Waals surface area contributed by atoms with Crippen LogP contribution in [0, 0.1) is 19.8 Å². The maximum atomic E-state index is 13.9. The Kier molecular flexibility index (Phi) is 9.15. The number of anilines is 1. The summed E-state index contributed by atoms with van der Waals surface area (Å²) in [7, 11) is -0.689. The monoisotopic (exact) mass is 584 g/mol. The van der Waals surface area contributed by atoms with Crippen molar-refractivity contribution in [3.63, 3.8) is 0 Å². The lowest BCUT2D eigenvalue weighted by atomic mass is 10.0. The lowest BCUT2D eigenvalue weighted by Crippen LogP contribution is -2.48. The quantitative estimate of drug-likeness (QED) is 0.480. The van der Waals surface area contributed by atoms with Crippen LogP contribution in [0.2, 0.25) is 0 Å². The van der Waals surface area contributed by atoms with Gasteiger partial charge in [-0.05, 0) is 56.5 Å². The molecule has 1 N–H and O–H groups in total. The number of ether oxygens (including phenoxy) is 2. The summed E-state index contributed by atoms with van der Waals surface area (Å²) in [6.07, 6.45) is -0.431. The molecule has 1 aliphatic heterocycles. The molecule has 3 atom stereocenters. The number of sulfonamides is 1. The minimum Gasteiger partial charge on any atom is -0.491 e. The number of benzene rings is 2. The molecule has 0 aliphatic carbocycles. The standard InChI is InChI=1S/C29H36N4O7S/c1-18-8-7-9-23(12-18)41(36,37)33-15-19(2)27(38-6)16-32(5)29(35)24-11-10-22(14-26(24)39-17-20(33)3)30-28(34)25-13-21(4)40-31-25/h7-14,19-20,27H,15-17H2,1-6H3,(H,30,34)/t19-,20-,27-/m1/s1. The van der Waals surface area contributed by atoms with Crippen LogP contribution in [-0.2, 0) is 14.8 Å². The number of amides is 2. The van der Waals surface area contributed by atoms with Crippen molar-refractivity contribution in [2.75, 3.05) is 39.2 Å². The Morgan fingerprint density at radius 3 is 2.51 bits per heavy atom. The van der Waals surface area contributed by atoms with Crippen molar-refractivity contribution in [1.29, 1.82) is 0 Å². The van der Waals surface area contributed by atoms with Crippen LogP contribution >= 0.6 is 0 Å². The average molecular weight is 585 g/mol. The van der Waals surface area contributed by atoms with Gasteiger partial charge < -0.3 is 24.2 Å². The van der Waals surface area contributed by atoms with E-state index in [-0.39, 0.29) is 53.4 Å². The Bertz CT molecular complexity index is 1520. The Balaban J connectivity index is 1.71. The van der Waals surface area contributed by atoms with Crippen molar-refractivity contribution in [2.24, 2.45) is 5.92 Å². The minimum absolute atomic E-state index is 0.0424. The highest BCUT2D eigenvalue weighted by molar-refractivity contribution is 7.89. The lowest BCUT2D eigenvalue weighted by molar-refractivity contribution is 0.0212. The molecule has 0 bridgehead atoms. The van der Waals surface area contributed by atoms with E-state index in [1.54, 1.807) is 64.4 Å². The zero-order valence-corrected chi connectivity index (χ0v) is 24.9. The summed E-state index contributed by atoms with van der Waals surface area (Å²) in [5, 5.41) is 6.46. The molecule has 0 radical (unpaired) electrons. The van der Waals surface area contributed by atoms with Gasteiger partial charge >= 0.3 is 0 Å². The van der Waals surface area contributed by atoms with E-state index in [4.69, 9.17) is 14.0 Å². The second kappa shape index (κ2) is 12.4. The van der Waals surface area contributed by atoms with Crippen LogP contribution in [0.1, 0.15) is 46.0 Å². The van der Waals surface area contributed by atoms with Crippen LogP contribution in [-0.4, -0.2) is 80.6 Å². The van der Waals surface area contributed by atoms with E-state index in [2.05, 4.69) is 10.5 Å². The number of nitrogens with one attached hydrogen (secondary N) is 1. The van der Waals surface area contributed by atoms with Crippen LogP contribution in [0.4, 0.5) is 5.69 Å².